The number of aliphatic hydroxyl groups is 1. The average molecular weight is 300 g/mol. The molecular formula is C15H16N4OS. The van der Waals surface area contributed by atoms with Gasteiger partial charge in [-0.25, -0.2) is 9.97 Å². The molecule has 1 atom stereocenters. The van der Waals surface area contributed by atoms with E-state index >= 15 is 0 Å². The van der Waals surface area contributed by atoms with Crippen LogP contribution in [0.3, 0.4) is 0 Å². The van der Waals surface area contributed by atoms with Gasteiger partial charge in [-0.15, -0.1) is 11.3 Å². The predicted octanol–water partition coefficient (Wildman–Crippen LogP) is 1.86. The highest BCUT2D eigenvalue weighted by molar-refractivity contribution is 7.13. The zero-order chi connectivity index (χ0) is 14.7. The smallest absolute Gasteiger partial charge is 0.234 e. The minimum Gasteiger partial charge on any atom is -0.395 e. The van der Waals surface area contributed by atoms with Gasteiger partial charge in [-0.3, -0.25) is 4.57 Å². The highest BCUT2D eigenvalue weighted by Gasteiger charge is 2.11. The molecule has 3 rings (SSSR count). The number of thiophene rings is 1. The van der Waals surface area contributed by atoms with Gasteiger partial charge in [0.25, 0.3) is 0 Å². The van der Waals surface area contributed by atoms with E-state index in [0.717, 1.165) is 16.3 Å². The van der Waals surface area contributed by atoms with Crippen molar-refractivity contribution in [3.8, 4) is 16.5 Å². The fourth-order valence-electron chi connectivity index (χ4n) is 2.14. The van der Waals surface area contributed by atoms with Gasteiger partial charge in [-0.2, -0.15) is 0 Å². The van der Waals surface area contributed by atoms with Crippen LogP contribution in [0.25, 0.3) is 16.5 Å². The van der Waals surface area contributed by atoms with Gasteiger partial charge in [-0.1, -0.05) is 6.07 Å². The van der Waals surface area contributed by atoms with E-state index in [-0.39, 0.29) is 12.6 Å². The van der Waals surface area contributed by atoms with E-state index < -0.39 is 0 Å². The molecule has 0 fully saturated rings. The zero-order valence-corrected chi connectivity index (χ0v) is 12.2. The SMILES string of the molecule is NC(CO)Cc1cccn1-c1nccc(-c2cccs2)n1. The van der Waals surface area contributed by atoms with Gasteiger partial charge in [0.1, 0.15) is 0 Å². The lowest BCUT2D eigenvalue weighted by Gasteiger charge is -2.11. The molecule has 0 aromatic carbocycles. The van der Waals surface area contributed by atoms with E-state index in [9.17, 15) is 0 Å². The van der Waals surface area contributed by atoms with Crippen molar-refractivity contribution in [1.82, 2.24) is 14.5 Å². The molecule has 0 aliphatic carbocycles. The number of nitrogens with two attached hydrogens (primary N) is 1. The van der Waals surface area contributed by atoms with Crippen LogP contribution in [0.15, 0.2) is 48.1 Å². The minimum absolute atomic E-state index is 0.0404. The summed E-state index contributed by atoms with van der Waals surface area (Å²) < 4.78 is 1.91. The van der Waals surface area contributed by atoms with Crippen LogP contribution in [0, 0.1) is 0 Å². The largest absolute Gasteiger partial charge is 0.395 e. The summed E-state index contributed by atoms with van der Waals surface area (Å²) in [5, 5.41) is 11.1. The second kappa shape index (κ2) is 6.17. The van der Waals surface area contributed by atoms with Crippen LogP contribution < -0.4 is 5.73 Å². The van der Waals surface area contributed by atoms with Crippen LogP contribution in [-0.2, 0) is 6.42 Å². The van der Waals surface area contributed by atoms with Crippen molar-refractivity contribution >= 4 is 11.3 Å². The monoisotopic (exact) mass is 300 g/mol. The molecule has 0 aliphatic heterocycles. The van der Waals surface area contributed by atoms with Crippen molar-refractivity contribution in [3.05, 3.63) is 53.8 Å². The maximum atomic E-state index is 9.10. The summed E-state index contributed by atoms with van der Waals surface area (Å²) in [4.78, 5) is 10.1. The molecular weight excluding hydrogens is 284 g/mol. The molecule has 0 saturated heterocycles. The average Bonchev–Trinajstić information content (AvgIpc) is 3.18. The first-order valence-corrected chi connectivity index (χ1v) is 7.56. The summed E-state index contributed by atoms with van der Waals surface area (Å²) in [5.41, 5.74) is 7.71. The van der Waals surface area contributed by atoms with Crippen molar-refractivity contribution in [1.29, 1.82) is 0 Å². The van der Waals surface area contributed by atoms with Crippen LogP contribution >= 0.6 is 11.3 Å². The predicted molar refractivity (Wildman–Crippen MR) is 83.4 cm³/mol. The Morgan fingerprint density at radius 3 is 2.95 bits per heavy atom. The summed E-state index contributed by atoms with van der Waals surface area (Å²) in [7, 11) is 0. The molecule has 0 aliphatic rings. The molecule has 0 saturated carbocycles. The van der Waals surface area contributed by atoms with E-state index in [2.05, 4.69) is 9.97 Å². The normalized spacial score (nSPS) is 12.5. The first-order valence-electron chi connectivity index (χ1n) is 6.68. The third kappa shape index (κ3) is 3.02. The molecule has 0 spiro atoms. The number of nitrogens with zero attached hydrogens (tertiary/aromatic N) is 3. The van der Waals surface area contributed by atoms with Crippen molar-refractivity contribution in [3.63, 3.8) is 0 Å². The Hall–Kier alpha value is -2.02. The third-order valence-corrected chi connectivity index (χ3v) is 4.06. The van der Waals surface area contributed by atoms with E-state index in [1.54, 1.807) is 17.5 Å². The summed E-state index contributed by atoms with van der Waals surface area (Å²) >= 11 is 1.65. The molecule has 5 nitrogen and oxygen atoms in total. The van der Waals surface area contributed by atoms with Crippen LogP contribution in [0.2, 0.25) is 0 Å². The molecule has 3 heterocycles. The van der Waals surface area contributed by atoms with Crippen LogP contribution in [-0.4, -0.2) is 32.3 Å². The van der Waals surface area contributed by atoms with E-state index in [4.69, 9.17) is 10.8 Å². The molecule has 3 aromatic rings. The van der Waals surface area contributed by atoms with E-state index in [1.807, 2.05) is 46.5 Å². The Bertz CT molecular complexity index is 708. The molecule has 0 bridgehead atoms. The van der Waals surface area contributed by atoms with E-state index in [1.165, 1.54) is 0 Å². The summed E-state index contributed by atoms with van der Waals surface area (Å²) in [6.07, 6.45) is 4.25. The number of aliphatic hydroxyl groups excluding tert-OH is 1. The molecule has 108 valence electrons. The first kappa shape index (κ1) is 13.9. The molecule has 1 unspecified atom stereocenters. The second-order valence-electron chi connectivity index (χ2n) is 4.74. The fourth-order valence-corrected chi connectivity index (χ4v) is 2.83. The Balaban J connectivity index is 1.94. The zero-order valence-electron chi connectivity index (χ0n) is 11.4. The Labute approximate surface area is 126 Å². The molecule has 3 N–H and O–H groups in total. The highest BCUT2D eigenvalue weighted by atomic mass is 32.1. The summed E-state index contributed by atoms with van der Waals surface area (Å²) in [6.45, 7) is -0.0404. The van der Waals surface area contributed by atoms with Gasteiger partial charge < -0.3 is 10.8 Å². The molecule has 6 heteroatoms. The lowest BCUT2D eigenvalue weighted by atomic mass is 10.2. The maximum Gasteiger partial charge on any atom is 0.234 e. The van der Waals surface area contributed by atoms with Crippen LogP contribution in [0.5, 0.6) is 0 Å². The van der Waals surface area contributed by atoms with Gasteiger partial charge in [0.2, 0.25) is 5.95 Å². The van der Waals surface area contributed by atoms with Gasteiger partial charge in [0, 0.05) is 30.6 Å². The van der Waals surface area contributed by atoms with E-state index in [0.29, 0.717) is 12.4 Å². The van der Waals surface area contributed by atoms with Crippen molar-refractivity contribution < 1.29 is 5.11 Å². The molecule has 0 amide bonds. The van der Waals surface area contributed by atoms with Crippen molar-refractivity contribution in [2.75, 3.05) is 6.61 Å². The molecule has 3 aromatic heterocycles. The van der Waals surface area contributed by atoms with Crippen molar-refractivity contribution in [2.24, 2.45) is 5.73 Å². The fraction of sp³-hybridized carbons (Fsp3) is 0.200. The molecule has 0 radical (unpaired) electrons. The summed E-state index contributed by atoms with van der Waals surface area (Å²) in [5.74, 6) is 0.617. The topological polar surface area (TPSA) is 77.0 Å². The molecule has 21 heavy (non-hydrogen) atoms. The quantitative estimate of drug-likeness (QED) is 0.754. The van der Waals surface area contributed by atoms with Crippen molar-refractivity contribution in [2.45, 2.75) is 12.5 Å². The standard InChI is InChI=1S/C15H16N4OS/c16-11(10-20)9-12-3-1-7-19(12)15-17-6-5-13(18-15)14-4-2-8-21-14/h1-8,11,20H,9-10,16H2. The van der Waals surface area contributed by atoms with Gasteiger partial charge in [0.05, 0.1) is 17.2 Å². The summed E-state index contributed by atoms with van der Waals surface area (Å²) in [6, 6.07) is 9.56. The second-order valence-corrected chi connectivity index (χ2v) is 5.68. The number of hydrogen-bond acceptors (Lipinski definition) is 5. The number of hydrogen-bond donors (Lipinski definition) is 2. The third-order valence-electron chi connectivity index (χ3n) is 3.17. The minimum atomic E-state index is -0.279. The van der Waals surface area contributed by atoms with Gasteiger partial charge in [-0.05, 0) is 29.6 Å². The van der Waals surface area contributed by atoms with Gasteiger partial charge >= 0.3 is 0 Å². The van der Waals surface area contributed by atoms with Gasteiger partial charge in [0.15, 0.2) is 0 Å². The Morgan fingerprint density at radius 1 is 1.29 bits per heavy atom. The van der Waals surface area contributed by atoms with Crippen LogP contribution in [0.1, 0.15) is 5.69 Å². The lowest BCUT2D eigenvalue weighted by molar-refractivity contribution is 0.264. The first-order chi connectivity index (χ1) is 10.3. The lowest BCUT2D eigenvalue weighted by Crippen LogP contribution is -2.27. The Kier molecular flexibility index (Phi) is 4.10. The Morgan fingerprint density at radius 2 is 2.19 bits per heavy atom. The maximum absolute atomic E-state index is 9.10. The number of aromatic nitrogens is 3. The highest BCUT2D eigenvalue weighted by Crippen LogP contribution is 2.23. The number of rotatable bonds is 5. The van der Waals surface area contributed by atoms with Crippen LogP contribution in [0.4, 0.5) is 0 Å².